The van der Waals surface area contributed by atoms with Crippen molar-refractivity contribution in [3.63, 3.8) is 0 Å². The highest BCUT2D eigenvalue weighted by molar-refractivity contribution is 5.80. The van der Waals surface area contributed by atoms with Gasteiger partial charge in [0, 0.05) is 37.3 Å². The van der Waals surface area contributed by atoms with E-state index in [9.17, 15) is 22.0 Å². The number of nitrogens with zero attached hydrogens (tertiary/aromatic N) is 2. The topological polar surface area (TPSA) is 58.1 Å². The second-order valence-corrected chi connectivity index (χ2v) is 6.53. The second-order valence-electron chi connectivity index (χ2n) is 6.53. The van der Waals surface area contributed by atoms with E-state index < -0.39 is 19.3 Å². The van der Waals surface area contributed by atoms with Crippen molar-refractivity contribution in [3.05, 3.63) is 23.8 Å². The van der Waals surface area contributed by atoms with Crippen molar-refractivity contribution < 1.29 is 31.4 Å². The number of hydrogen-bond donors (Lipinski definition) is 2. The Morgan fingerprint density at radius 1 is 1.34 bits per heavy atom. The molecule has 1 atom stereocenters. The van der Waals surface area contributed by atoms with Crippen LogP contribution in [0.25, 0.3) is 0 Å². The van der Waals surface area contributed by atoms with Gasteiger partial charge in [-0.05, 0) is 25.5 Å². The first-order valence-electron chi connectivity index (χ1n) is 9.16. The number of rotatable bonds is 8. The van der Waals surface area contributed by atoms with E-state index in [1.54, 1.807) is 12.1 Å². The van der Waals surface area contributed by atoms with Crippen LogP contribution in [0, 0.1) is 0 Å². The molecule has 1 heterocycles. The Hall–Kier alpha value is -2.30. The Morgan fingerprint density at radius 2 is 2.10 bits per heavy atom. The summed E-state index contributed by atoms with van der Waals surface area (Å²) < 4.78 is 72.5. The number of benzene rings is 1. The molecule has 0 bridgehead atoms. The van der Waals surface area contributed by atoms with Crippen molar-refractivity contribution >= 4 is 5.96 Å². The van der Waals surface area contributed by atoms with Gasteiger partial charge in [0.05, 0.1) is 20.2 Å². The van der Waals surface area contributed by atoms with Gasteiger partial charge in [-0.25, -0.2) is 4.99 Å². The van der Waals surface area contributed by atoms with E-state index in [0.29, 0.717) is 36.8 Å². The summed E-state index contributed by atoms with van der Waals surface area (Å²) in [5.41, 5.74) is 0.424. The van der Waals surface area contributed by atoms with Crippen LogP contribution >= 0.6 is 0 Å². The predicted molar refractivity (Wildman–Crippen MR) is 98.5 cm³/mol. The van der Waals surface area contributed by atoms with Crippen LogP contribution in [0.3, 0.4) is 0 Å². The lowest BCUT2D eigenvalue weighted by molar-refractivity contribution is -0.143. The van der Waals surface area contributed by atoms with Crippen LogP contribution in [0.4, 0.5) is 22.0 Å². The summed E-state index contributed by atoms with van der Waals surface area (Å²) in [4.78, 5) is 5.69. The van der Waals surface area contributed by atoms with E-state index in [1.807, 2.05) is 6.92 Å². The Balaban J connectivity index is 2.04. The fourth-order valence-corrected chi connectivity index (χ4v) is 3.02. The molecule has 1 fully saturated rings. The number of methoxy groups -OCH3 is 1. The molecule has 0 aliphatic carbocycles. The van der Waals surface area contributed by atoms with E-state index in [1.165, 1.54) is 18.1 Å². The molecule has 1 aromatic rings. The molecule has 11 heteroatoms. The highest BCUT2D eigenvalue weighted by atomic mass is 19.4. The van der Waals surface area contributed by atoms with Gasteiger partial charge in [0.25, 0.3) is 0 Å². The number of aliphatic imine (C=N–C) groups is 1. The molecule has 1 aliphatic rings. The SMILES string of the molecule is CCNC(=NCc1ccc(OC)cc1OC(F)F)NC1CCN(CC(F)(F)F)C1. The number of ether oxygens (including phenoxy) is 2. The largest absolute Gasteiger partial charge is 0.497 e. The highest BCUT2D eigenvalue weighted by Crippen LogP contribution is 2.27. The first-order chi connectivity index (χ1) is 13.7. The summed E-state index contributed by atoms with van der Waals surface area (Å²) in [6.45, 7) is -0.934. The number of hydrogen-bond acceptors (Lipinski definition) is 4. The molecule has 2 N–H and O–H groups in total. The van der Waals surface area contributed by atoms with Gasteiger partial charge in [0.1, 0.15) is 11.5 Å². The van der Waals surface area contributed by atoms with Crippen molar-refractivity contribution in [2.24, 2.45) is 4.99 Å². The smallest absolute Gasteiger partial charge is 0.401 e. The molecule has 29 heavy (non-hydrogen) atoms. The molecule has 6 nitrogen and oxygen atoms in total. The highest BCUT2D eigenvalue weighted by Gasteiger charge is 2.34. The van der Waals surface area contributed by atoms with Gasteiger partial charge in [-0.2, -0.15) is 22.0 Å². The van der Waals surface area contributed by atoms with Crippen LogP contribution in [-0.4, -0.2) is 63.0 Å². The number of guanidine groups is 1. The minimum absolute atomic E-state index is 0.0420. The number of likely N-dealkylation sites (tertiary alicyclic amines) is 1. The fourth-order valence-electron chi connectivity index (χ4n) is 3.02. The van der Waals surface area contributed by atoms with Crippen molar-refractivity contribution in [2.75, 3.05) is 33.3 Å². The fraction of sp³-hybridized carbons (Fsp3) is 0.611. The Kier molecular flexibility index (Phi) is 8.30. The lowest BCUT2D eigenvalue weighted by atomic mass is 10.2. The monoisotopic (exact) mass is 424 g/mol. The number of halogens is 5. The normalized spacial score (nSPS) is 18.2. The predicted octanol–water partition coefficient (Wildman–Crippen LogP) is 2.99. The average Bonchev–Trinajstić information content (AvgIpc) is 3.05. The van der Waals surface area contributed by atoms with E-state index in [2.05, 4.69) is 20.4 Å². The minimum atomic E-state index is -4.23. The summed E-state index contributed by atoms with van der Waals surface area (Å²) >= 11 is 0. The molecule has 0 aromatic heterocycles. The van der Waals surface area contributed by atoms with Crippen LogP contribution < -0.4 is 20.1 Å². The summed E-state index contributed by atoms with van der Waals surface area (Å²) in [6, 6.07) is 4.34. The summed E-state index contributed by atoms with van der Waals surface area (Å²) in [6.07, 6.45) is -3.69. The molecule has 1 saturated heterocycles. The molecular weight excluding hydrogens is 399 g/mol. The molecule has 1 unspecified atom stereocenters. The Morgan fingerprint density at radius 3 is 2.72 bits per heavy atom. The Labute approximate surface area is 166 Å². The van der Waals surface area contributed by atoms with E-state index in [0.717, 1.165) is 0 Å². The number of alkyl halides is 5. The van der Waals surface area contributed by atoms with Crippen molar-refractivity contribution in [1.29, 1.82) is 0 Å². The van der Waals surface area contributed by atoms with Crippen LogP contribution in [0.2, 0.25) is 0 Å². The zero-order chi connectivity index (χ0) is 21.4. The summed E-state index contributed by atoms with van der Waals surface area (Å²) in [7, 11) is 1.41. The third kappa shape index (κ3) is 7.92. The van der Waals surface area contributed by atoms with Gasteiger partial charge in [-0.3, -0.25) is 4.90 Å². The third-order valence-electron chi connectivity index (χ3n) is 4.26. The summed E-state index contributed by atoms with van der Waals surface area (Å²) in [5, 5.41) is 6.11. The lowest BCUT2D eigenvalue weighted by Gasteiger charge is -2.20. The molecule has 0 radical (unpaired) electrons. The molecule has 0 spiro atoms. The van der Waals surface area contributed by atoms with Crippen LogP contribution in [0.15, 0.2) is 23.2 Å². The molecule has 164 valence electrons. The first-order valence-corrected chi connectivity index (χ1v) is 9.16. The maximum absolute atomic E-state index is 12.7. The molecule has 1 aromatic carbocycles. The minimum Gasteiger partial charge on any atom is -0.497 e. The lowest BCUT2D eigenvalue weighted by Crippen LogP contribution is -2.45. The Bertz CT molecular complexity index is 685. The van der Waals surface area contributed by atoms with Gasteiger partial charge >= 0.3 is 12.8 Å². The van der Waals surface area contributed by atoms with E-state index in [4.69, 9.17) is 4.74 Å². The third-order valence-corrected chi connectivity index (χ3v) is 4.26. The van der Waals surface area contributed by atoms with Gasteiger partial charge in [0.2, 0.25) is 0 Å². The zero-order valence-corrected chi connectivity index (χ0v) is 16.2. The van der Waals surface area contributed by atoms with Crippen molar-refractivity contribution in [3.8, 4) is 11.5 Å². The maximum Gasteiger partial charge on any atom is 0.401 e. The molecule has 0 amide bonds. The van der Waals surface area contributed by atoms with Crippen LogP contribution in [0.1, 0.15) is 18.9 Å². The standard InChI is InChI=1S/C18H25F5N4O2/c1-3-24-17(26-13-6-7-27(10-13)11-18(21,22)23)25-9-12-4-5-14(28-2)8-15(12)29-16(19)20/h4-5,8,13,16H,3,6-7,9-11H2,1-2H3,(H2,24,25,26). The molecule has 1 aliphatic heterocycles. The zero-order valence-electron chi connectivity index (χ0n) is 16.2. The number of nitrogens with one attached hydrogen (secondary N) is 2. The molecule has 2 rings (SSSR count). The maximum atomic E-state index is 12.7. The van der Waals surface area contributed by atoms with Gasteiger partial charge in [0.15, 0.2) is 5.96 Å². The van der Waals surface area contributed by atoms with Crippen molar-refractivity contribution in [1.82, 2.24) is 15.5 Å². The first kappa shape index (κ1) is 23.0. The van der Waals surface area contributed by atoms with Gasteiger partial charge in [-0.1, -0.05) is 0 Å². The van der Waals surface area contributed by atoms with E-state index in [-0.39, 0.29) is 24.9 Å². The molecular formula is C18H25F5N4O2. The van der Waals surface area contributed by atoms with E-state index >= 15 is 0 Å². The van der Waals surface area contributed by atoms with Gasteiger partial charge in [-0.15, -0.1) is 0 Å². The van der Waals surface area contributed by atoms with Gasteiger partial charge < -0.3 is 20.1 Å². The van der Waals surface area contributed by atoms with Crippen LogP contribution in [-0.2, 0) is 6.54 Å². The van der Waals surface area contributed by atoms with Crippen molar-refractivity contribution in [2.45, 2.75) is 38.7 Å². The quantitative estimate of drug-likeness (QED) is 0.382. The van der Waals surface area contributed by atoms with Crippen LogP contribution in [0.5, 0.6) is 11.5 Å². The average molecular weight is 424 g/mol. The molecule has 0 saturated carbocycles. The second kappa shape index (κ2) is 10.5. The summed E-state index contributed by atoms with van der Waals surface area (Å²) in [5.74, 6) is 0.718.